The number of pyridine rings is 1. The average molecular weight is 369 g/mol. The monoisotopic (exact) mass is 369 g/mol. The molecule has 1 fully saturated rings. The number of carbonyl (C=O) groups excluding carboxylic acids is 1. The topological polar surface area (TPSA) is 83.1 Å². The van der Waals surface area contributed by atoms with E-state index in [2.05, 4.69) is 37.5 Å². The predicted octanol–water partition coefficient (Wildman–Crippen LogP) is 2.53. The van der Waals surface area contributed by atoms with Crippen LogP contribution in [0, 0.1) is 6.92 Å². The van der Waals surface area contributed by atoms with E-state index in [1.807, 2.05) is 27.0 Å². The summed E-state index contributed by atoms with van der Waals surface area (Å²) >= 11 is 0. The lowest BCUT2D eigenvalue weighted by molar-refractivity contribution is -0.00697. The average Bonchev–Trinajstić information content (AvgIpc) is 3.07. The fraction of sp³-hybridized carbons (Fsp3) is 0.550. The highest BCUT2D eigenvalue weighted by atomic mass is 16.5. The first-order valence-electron chi connectivity index (χ1n) is 9.72. The lowest BCUT2D eigenvalue weighted by atomic mass is 9.99. The van der Waals surface area contributed by atoms with Crippen molar-refractivity contribution in [1.29, 1.82) is 0 Å². The maximum Gasteiger partial charge on any atom is 0.272 e. The summed E-state index contributed by atoms with van der Waals surface area (Å²) in [4.78, 5) is 19.6. The van der Waals surface area contributed by atoms with Crippen LogP contribution in [0.3, 0.4) is 0 Å². The van der Waals surface area contributed by atoms with Gasteiger partial charge in [0.05, 0.1) is 17.9 Å². The Morgan fingerprint density at radius 1 is 1.30 bits per heavy atom. The first kappa shape index (κ1) is 18.0. The van der Waals surface area contributed by atoms with Crippen molar-refractivity contribution in [2.24, 2.45) is 0 Å². The molecule has 2 N–H and O–H groups in total. The van der Waals surface area contributed by atoms with Gasteiger partial charge >= 0.3 is 0 Å². The number of nitrogens with one attached hydrogen (secondary N) is 2. The van der Waals surface area contributed by atoms with Gasteiger partial charge in [-0.3, -0.25) is 9.89 Å². The largest absolute Gasteiger partial charge is 0.369 e. The zero-order chi connectivity index (χ0) is 19.0. The van der Waals surface area contributed by atoms with Crippen molar-refractivity contribution in [3.63, 3.8) is 0 Å². The van der Waals surface area contributed by atoms with Crippen molar-refractivity contribution < 1.29 is 9.53 Å². The zero-order valence-electron chi connectivity index (χ0n) is 16.2. The number of carbonyl (C=O) groups is 1. The number of rotatable bonds is 3. The van der Waals surface area contributed by atoms with Crippen molar-refractivity contribution in [3.05, 3.63) is 40.8 Å². The van der Waals surface area contributed by atoms with Crippen LogP contribution in [0.2, 0.25) is 0 Å². The van der Waals surface area contributed by atoms with Crippen LogP contribution in [0.5, 0.6) is 0 Å². The van der Waals surface area contributed by atoms with Crippen LogP contribution < -0.4 is 10.2 Å². The number of aromatic amines is 1. The summed E-state index contributed by atoms with van der Waals surface area (Å²) in [6, 6.07) is 4.32. The fourth-order valence-electron chi connectivity index (χ4n) is 4.02. The van der Waals surface area contributed by atoms with Crippen molar-refractivity contribution >= 4 is 11.7 Å². The Hall–Kier alpha value is -2.41. The highest BCUT2D eigenvalue weighted by molar-refractivity contribution is 5.94. The van der Waals surface area contributed by atoms with E-state index in [1.54, 1.807) is 0 Å². The molecule has 1 saturated heterocycles. The quantitative estimate of drug-likeness (QED) is 0.869. The number of H-pyrrole nitrogens is 1. The van der Waals surface area contributed by atoms with Gasteiger partial charge in [-0.05, 0) is 45.2 Å². The minimum atomic E-state index is -0.0827. The van der Waals surface area contributed by atoms with Crippen LogP contribution in [0.1, 0.15) is 60.1 Å². The van der Waals surface area contributed by atoms with Gasteiger partial charge < -0.3 is 15.0 Å². The van der Waals surface area contributed by atoms with Crippen LogP contribution in [0.15, 0.2) is 18.3 Å². The molecule has 0 unspecified atom stereocenters. The van der Waals surface area contributed by atoms with E-state index in [1.165, 1.54) is 0 Å². The second-order valence-electron chi connectivity index (χ2n) is 7.69. The Bertz CT molecular complexity index is 808. The van der Waals surface area contributed by atoms with Gasteiger partial charge in [-0.2, -0.15) is 5.10 Å². The Morgan fingerprint density at radius 2 is 2.07 bits per heavy atom. The van der Waals surface area contributed by atoms with Gasteiger partial charge in [-0.25, -0.2) is 4.98 Å². The Kier molecular flexibility index (Phi) is 4.86. The number of nitrogens with zero attached hydrogens (tertiary/aromatic N) is 3. The SMILES string of the molecule is Cc1ccc(N2CCC(NC(=O)c3n[nH]c4c3C[C@@H](C)O[C@H]4C)CC2)nc1. The molecule has 144 valence electrons. The van der Waals surface area contributed by atoms with E-state index in [4.69, 9.17) is 4.74 Å². The van der Waals surface area contributed by atoms with Gasteiger partial charge in [0.1, 0.15) is 5.82 Å². The third-order valence-corrected chi connectivity index (χ3v) is 5.50. The zero-order valence-corrected chi connectivity index (χ0v) is 16.2. The van der Waals surface area contributed by atoms with Gasteiger partial charge in [-0.1, -0.05) is 6.07 Å². The normalized spacial score (nSPS) is 23.1. The molecule has 0 radical (unpaired) electrons. The molecule has 2 aliphatic rings. The highest BCUT2D eigenvalue weighted by Crippen LogP contribution is 2.30. The number of aryl methyl sites for hydroxylation is 1. The third-order valence-electron chi connectivity index (χ3n) is 5.50. The number of hydrogen-bond donors (Lipinski definition) is 2. The smallest absolute Gasteiger partial charge is 0.272 e. The van der Waals surface area contributed by atoms with Gasteiger partial charge in [0.25, 0.3) is 5.91 Å². The molecule has 2 aromatic heterocycles. The van der Waals surface area contributed by atoms with E-state index in [0.717, 1.165) is 55.0 Å². The van der Waals surface area contributed by atoms with Gasteiger partial charge in [-0.15, -0.1) is 0 Å². The fourth-order valence-corrected chi connectivity index (χ4v) is 4.02. The minimum Gasteiger partial charge on any atom is -0.369 e. The molecule has 4 heterocycles. The number of amides is 1. The van der Waals surface area contributed by atoms with Crippen molar-refractivity contribution in [1.82, 2.24) is 20.5 Å². The molecule has 0 saturated carbocycles. The molecule has 0 aromatic carbocycles. The van der Waals surface area contributed by atoms with E-state index in [0.29, 0.717) is 5.69 Å². The maximum absolute atomic E-state index is 12.8. The molecule has 7 nitrogen and oxygen atoms in total. The van der Waals surface area contributed by atoms with Crippen molar-refractivity contribution in [2.75, 3.05) is 18.0 Å². The number of piperidine rings is 1. The summed E-state index contributed by atoms with van der Waals surface area (Å²) in [6.45, 7) is 7.84. The van der Waals surface area contributed by atoms with Crippen LogP contribution in [-0.2, 0) is 11.2 Å². The molecule has 7 heteroatoms. The summed E-state index contributed by atoms with van der Waals surface area (Å²) in [5, 5.41) is 10.4. The second-order valence-corrected chi connectivity index (χ2v) is 7.69. The molecule has 0 spiro atoms. The number of aromatic nitrogens is 3. The molecule has 0 bridgehead atoms. The van der Waals surface area contributed by atoms with Crippen molar-refractivity contribution in [2.45, 2.75) is 58.3 Å². The Morgan fingerprint density at radius 3 is 2.78 bits per heavy atom. The van der Waals surface area contributed by atoms with Crippen LogP contribution in [-0.4, -0.2) is 46.3 Å². The van der Waals surface area contributed by atoms with E-state index < -0.39 is 0 Å². The van der Waals surface area contributed by atoms with Gasteiger partial charge in [0, 0.05) is 37.3 Å². The molecular formula is C20H27N5O2. The summed E-state index contributed by atoms with van der Waals surface area (Å²) in [7, 11) is 0. The molecular weight excluding hydrogens is 342 g/mol. The molecule has 0 aliphatic carbocycles. The summed E-state index contributed by atoms with van der Waals surface area (Å²) in [5.41, 5.74) is 3.62. The molecule has 2 aliphatic heterocycles. The summed E-state index contributed by atoms with van der Waals surface area (Å²) < 4.78 is 5.80. The lowest BCUT2D eigenvalue weighted by Gasteiger charge is -2.33. The Labute approximate surface area is 159 Å². The van der Waals surface area contributed by atoms with E-state index >= 15 is 0 Å². The van der Waals surface area contributed by atoms with Gasteiger partial charge in [0.15, 0.2) is 5.69 Å². The highest BCUT2D eigenvalue weighted by Gasteiger charge is 2.30. The Balaban J connectivity index is 1.37. The molecule has 4 rings (SSSR count). The van der Waals surface area contributed by atoms with Crippen molar-refractivity contribution in [3.8, 4) is 0 Å². The number of fused-ring (bicyclic) bond motifs is 1. The number of anilines is 1. The predicted molar refractivity (Wildman–Crippen MR) is 103 cm³/mol. The van der Waals surface area contributed by atoms with Crippen LogP contribution >= 0.6 is 0 Å². The standard InChI is InChI=1S/C20H27N5O2/c1-12-4-5-17(21-11-12)25-8-6-15(7-9-25)22-20(26)19-16-10-13(2)27-14(3)18(16)23-24-19/h4-5,11,13-15H,6-10H2,1-3H3,(H,22,26)(H,23,24)/t13-,14+/m1/s1. The van der Waals surface area contributed by atoms with E-state index in [-0.39, 0.29) is 24.2 Å². The van der Waals surface area contributed by atoms with E-state index in [9.17, 15) is 4.79 Å². The second kappa shape index (κ2) is 7.31. The minimum absolute atomic E-state index is 0.0527. The number of ether oxygens (including phenoxy) is 1. The van der Waals surface area contributed by atoms with Gasteiger partial charge in [0.2, 0.25) is 0 Å². The third kappa shape index (κ3) is 3.69. The number of hydrogen-bond acceptors (Lipinski definition) is 5. The van der Waals surface area contributed by atoms with Crippen LogP contribution in [0.25, 0.3) is 0 Å². The first-order chi connectivity index (χ1) is 13.0. The molecule has 2 atom stereocenters. The summed E-state index contributed by atoms with van der Waals surface area (Å²) in [6.07, 6.45) is 4.48. The molecule has 2 aromatic rings. The maximum atomic E-state index is 12.8. The lowest BCUT2D eigenvalue weighted by Crippen LogP contribution is -2.45. The first-order valence-corrected chi connectivity index (χ1v) is 9.72. The molecule has 1 amide bonds. The van der Waals surface area contributed by atoms with Crippen LogP contribution in [0.4, 0.5) is 5.82 Å². The molecule has 27 heavy (non-hydrogen) atoms. The summed E-state index contributed by atoms with van der Waals surface area (Å²) in [5.74, 6) is 0.926.